The molecule has 9 heterocycles. The lowest BCUT2D eigenvalue weighted by atomic mass is 10.1. The molecule has 446 valence electrons. The minimum atomic E-state index is 0.712. The van der Waals surface area contributed by atoms with Crippen LogP contribution in [0.2, 0.25) is 0 Å². The predicted molar refractivity (Wildman–Crippen MR) is 368 cm³/mol. The highest BCUT2D eigenvalue weighted by atomic mass is 15.1. The lowest BCUT2D eigenvalue weighted by Gasteiger charge is -2.06. The summed E-state index contributed by atoms with van der Waals surface area (Å²) in [5.41, 5.74) is 18.8. The zero-order valence-corrected chi connectivity index (χ0v) is 51.6. The molecule has 0 amide bonds. The van der Waals surface area contributed by atoms with Crippen molar-refractivity contribution < 1.29 is 0 Å². The Labute approximate surface area is 535 Å². The van der Waals surface area contributed by atoms with E-state index in [4.69, 9.17) is 0 Å². The molecular weight excluding hydrogens is 1130 g/mol. The van der Waals surface area contributed by atoms with Crippen LogP contribution in [0.1, 0.15) is 29.0 Å². The molecule has 14 nitrogen and oxygen atoms in total. The van der Waals surface area contributed by atoms with Crippen molar-refractivity contribution in [2.24, 2.45) is 0 Å². The number of pyridine rings is 4. The fraction of sp³-hybridized carbons (Fsp3) is 0.0641. The molecule has 15 aromatic rings. The van der Waals surface area contributed by atoms with Gasteiger partial charge in [0.2, 0.25) is 0 Å². The minimum absolute atomic E-state index is 0.712. The van der Waals surface area contributed by atoms with Gasteiger partial charge >= 0.3 is 0 Å². The summed E-state index contributed by atoms with van der Waals surface area (Å²) < 4.78 is 2.18. The second-order valence-corrected chi connectivity index (χ2v) is 21.0. The number of aromatic nitrogens is 14. The maximum absolute atomic E-state index is 4.66. The van der Waals surface area contributed by atoms with Gasteiger partial charge in [0.25, 0.3) is 0 Å². The summed E-state index contributed by atoms with van der Waals surface area (Å²) in [5, 5.41) is 0. The molecule has 0 aliphatic carbocycles. The van der Waals surface area contributed by atoms with Crippen LogP contribution in [0.4, 0.5) is 0 Å². The van der Waals surface area contributed by atoms with Gasteiger partial charge in [0.15, 0.2) is 5.82 Å². The number of aryl methyl sites for hydroxylation is 5. The SMILES string of the molecule is Cc1cc(-c2ccccc2)nc(-c2ccccc2)n1.Cc1nc(-c2ccccc2)cc(-c2ccccc2)n1.Cc1nc(-c2ccccn2)cc(-c2ccccn2)n1.Cc1nc(-c2ccncc2)cc(-c2ccncc2)n1.Cc1nc2ccccc2n1-c1ccccc1. The molecule has 0 bridgehead atoms. The normalized spacial score (nSPS) is 10.4. The molecule has 0 aliphatic rings. The molecule has 0 N–H and O–H groups in total. The average Bonchev–Trinajstić information content (AvgIpc) is 1.67. The lowest BCUT2D eigenvalue weighted by Crippen LogP contribution is -1.96. The maximum Gasteiger partial charge on any atom is 0.160 e. The van der Waals surface area contributed by atoms with Crippen LogP contribution in [0.5, 0.6) is 0 Å². The van der Waals surface area contributed by atoms with E-state index in [1.165, 1.54) is 0 Å². The smallest absolute Gasteiger partial charge is 0.160 e. The van der Waals surface area contributed by atoms with E-state index in [0.29, 0.717) is 5.82 Å². The Morgan fingerprint density at radius 3 is 1.02 bits per heavy atom. The molecule has 0 saturated carbocycles. The molecule has 92 heavy (non-hydrogen) atoms. The van der Waals surface area contributed by atoms with Crippen molar-refractivity contribution in [3.8, 4) is 96.1 Å². The third kappa shape index (κ3) is 16.5. The van der Waals surface area contributed by atoms with Crippen molar-refractivity contribution in [1.82, 2.24) is 69.4 Å². The van der Waals surface area contributed by atoms with E-state index in [2.05, 4.69) is 124 Å². The standard InChI is InChI=1S/2C17H14N2.2C15H12N4.C14H12N2/c1-13-18-16(14-8-4-2-5-9-14)12-17(19-13)15-10-6-3-7-11-15;1-13-12-16(14-8-4-2-5-9-14)19-17(18-13)15-10-6-3-7-11-15;1-11-18-14(12-2-6-16-7-3-12)10-15(19-11)13-4-8-17-9-5-13;1-11-18-14(12-6-2-4-8-16-12)10-15(19-11)13-7-3-5-9-17-13;1-11-15-13-9-5-6-10-14(13)16(11)12-7-3-2-4-8-12/h2*2-12H,1H3;2*2-10H,1H3;2-10H,1H3. The first-order valence-electron chi connectivity index (χ1n) is 29.9. The zero-order valence-electron chi connectivity index (χ0n) is 51.6. The van der Waals surface area contributed by atoms with Gasteiger partial charge in [-0.1, -0.05) is 164 Å². The number of hydrogen-bond acceptors (Lipinski definition) is 13. The third-order valence-electron chi connectivity index (χ3n) is 14.2. The predicted octanol–water partition coefficient (Wildman–Crippen LogP) is 17.4. The summed E-state index contributed by atoms with van der Waals surface area (Å²) in [6, 6.07) is 86.4. The molecule has 6 aromatic carbocycles. The van der Waals surface area contributed by atoms with Crippen LogP contribution in [0.25, 0.3) is 107 Å². The van der Waals surface area contributed by atoms with E-state index in [0.717, 1.165) is 130 Å². The van der Waals surface area contributed by atoms with Gasteiger partial charge in [-0.15, -0.1) is 0 Å². The molecule has 0 spiro atoms. The Bertz CT molecular complexity index is 4030. The van der Waals surface area contributed by atoms with Gasteiger partial charge in [-0.25, -0.2) is 44.9 Å². The number of hydrogen-bond donors (Lipinski definition) is 0. The van der Waals surface area contributed by atoms with Crippen molar-refractivity contribution in [2.75, 3.05) is 0 Å². The van der Waals surface area contributed by atoms with Gasteiger partial charge in [0.1, 0.15) is 23.3 Å². The highest BCUT2D eigenvalue weighted by Gasteiger charge is 2.12. The second kappa shape index (κ2) is 30.6. The summed E-state index contributed by atoms with van der Waals surface area (Å²) >= 11 is 0. The quantitative estimate of drug-likeness (QED) is 0.134. The highest BCUT2D eigenvalue weighted by Crippen LogP contribution is 2.27. The summed E-state index contributed by atoms with van der Waals surface area (Å²) in [4.78, 5) is 57.3. The Hall–Kier alpha value is -12.3. The van der Waals surface area contributed by atoms with Gasteiger partial charge in [-0.05, 0) is 132 Å². The van der Waals surface area contributed by atoms with E-state index in [1.807, 2.05) is 241 Å². The molecule has 0 unspecified atom stereocenters. The van der Waals surface area contributed by atoms with Crippen molar-refractivity contribution in [3.05, 3.63) is 327 Å². The number of rotatable bonds is 9. The average molecular weight is 1200 g/mol. The molecular formula is C78H64N14. The largest absolute Gasteiger partial charge is 0.297 e. The number of nitrogens with zero attached hydrogens (tertiary/aromatic N) is 14. The lowest BCUT2D eigenvalue weighted by molar-refractivity contribution is 1.00. The number of imidazole rings is 1. The maximum atomic E-state index is 4.66. The summed E-state index contributed by atoms with van der Waals surface area (Å²) in [7, 11) is 0. The van der Waals surface area contributed by atoms with E-state index < -0.39 is 0 Å². The van der Waals surface area contributed by atoms with E-state index in [-0.39, 0.29) is 0 Å². The topological polar surface area (TPSA) is 172 Å². The van der Waals surface area contributed by atoms with Gasteiger partial charge < -0.3 is 0 Å². The van der Waals surface area contributed by atoms with Gasteiger partial charge in [-0.3, -0.25) is 24.5 Å². The Balaban J connectivity index is 0.000000118. The molecule has 0 saturated heterocycles. The van der Waals surface area contributed by atoms with Crippen LogP contribution in [-0.4, -0.2) is 69.4 Å². The van der Waals surface area contributed by atoms with Crippen molar-refractivity contribution in [3.63, 3.8) is 0 Å². The fourth-order valence-corrected chi connectivity index (χ4v) is 9.94. The molecule has 9 aromatic heterocycles. The first kappa shape index (κ1) is 61.4. The Morgan fingerprint density at radius 2 is 0.598 bits per heavy atom. The minimum Gasteiger partial charge on any atom is -0.297 e. The van der Waals surface area contributed by atoms with Crippen LogP contribution < -0.4 is 0 Å². The van der Waals surface area contributed by atoms with Crippen molar-refractivity contribution >= 4 is 11.0 Å². The summed E-state index contributed by atoms with van der Waals surface area (Å²) in [6.45, 7) is 9.74. The molecule has 14 heteroatoms. The van der Waals surface area contributed by atoms with Crippen LogP contribution in [0.3, 0.4) is 0 Å². The molecule has 0 fully saturated rings. The van der Waals surface area contributed by atoms with Crippen LogP contribution >= 0.6 is 0 Å². The first-order chi connectivity index (χ1) is 45.2. The van der Waals surface area contributed by atoms with Crippen LogP contribution in [-0.2, 0) is 0 Å². The van der Waals surface area contributed by atoms with E-state index in [1.54, 1.807) is 37.2 Å². The monoisotopic (exact) mass is 1200 g/mol. The van der Waals surface area contributed by atoms with Gasteiger partial charge in [0.05, 0.1) is 62.3 Å². The van der Waals surface area contributed by atoms with Crippen LogP contribution in [0, 0.1) is 34.6 Å². The van der Waals surface area contributed by atoms with E-state index >= 15 is 0 Å². The van der Waals surface area contributed by atoms with Gasteiger partial charge in [-0.2, -0.15) is 0 Å². The number of para-hydroxylation sites is 3. The number of benzene rings is 6. The highest BCUT2D eigenvalue weighted by molar-refractivity contribution is 5.78. The van der Waals surface area contributed by atoms with Crippen molar-refractivity contribution in [1.29, 1.82) is 0 Å². The zero-order chi connectivity index (χ0) is 63.3. The number of fused-ring (bicyclic) bond motifs is 1. The van der Waals surface area contributed by atoms with E-state index in [9.17, 15) is 0 Å². The Kier molecular flexibility index (Phi) is 20.4. The second-order valence-electron chi connectivity index (χ2n) is 21.0. The summed E-state index contributed by atoms with van der Waals surface area (Å²) in [5.74, 6) is 4.05. The first-order valence-corrected chi connectivity index (χ1v) is 29.9. The summed E-state index contributed by atoms with van der Waals surface area (Å²) in [6.07, 6.45) is 10.6. The molecule has 0 radical (unpaired) electrons. The Morgan fingerprint density at radius 1 is 0.250 bits per heavy atom. The van der Waals surface area contributed by atoms with Crippen molar-refractivity contribution in [2.45, 2.75) is 34.6 Å². The third-order valence-corrected chi connectivity index (χ3v) is 14.2. The van der Waals surface area contributed by atoms with Gasteiger partial charge in [0, 0.05) is 81.9 Å². The molecule has 0 aliphatic heterocycles. The molecule has 0 atom stereocenters. The van der Waals surface area contributed by atoms with Crippen LogP contribution in [0.15, 0.2) is 298 Å². The fourth-order valence-electron chi connectivity index (χ4n) is 9.94. The molecule has 15 rings (SSSR count).